The highest BCUT2D eigenvalue weighted by Gasteiger charge is 2.26. The zero-order chi connectivity index (χ0) is 24.3. The van der Waals surface area contributed by atoms with E-state index >= 15 is 0 Å². The topological polar surface area (TPSA) is 139 Å². The molecular formula is C16H8Cl6O10. The highest BCUT2D eigenvalue weighted by molar-refractivity contribution is 6.68. The lowest BCUT2D eigenvalue weighted by Crippen LogP contribution is -2.22. The zero-order valence-corrected chi connectivity index (χ0v) is 19.6. The van der Waals surface area contributed by atoms with E-state index in [2.05, 4.69) is 9.47 Å². The molecule has 0 bridgehead atoms. The normalized spacial score (nSPS) is 11.7. The van der Waals surface area contributed by atoms with Crippen LogP contribution >= 0.6 is 69.6 Å². The maximum Gasteiger partial charge on any atom is 0.514 e. The maximum absolute atomic E-state index is 12.4. The van der Waals surface area contributed by atoms with E-state index in [0.717, 1.165) is 12.1 Å². The number of hydrogen-bond acceptors (Lipinski definition) is 9. The summed E-state index contributed by atoms with van der Waals surface area (Å²) in [6.45, 7) is -1.40. The van der Waals surface area contributed by atoms with Gasteiger partial charge in [-0.25, -0.2) is 14.4 Å². The van der Waals surface area contributed by atoms with Crippen molar-refractivity contribution in [2.75, 3.05) is 13.2 Å². The number of carboxylic acid groups (broad SMARTS) is 1. The van der Waals surface area contributed by atoms with Gasteiger partial charge in [-0.1, -0.05) is 69.6 Å². The first-order valence-electron chi connectivity index (χ1n) is 7.82. The highest BCUT2D eigenvalue weighted by Crippen LogP contribution is 2.33. The quantitative estimate of drug-likeness (QED) is 0.286. The fourth-order valence-electron chi connectivity index (χ4n) is 1.96. The number of fused-ring (bicyclic) bond motifs is 1. The molecule has 0 saturated carbocycles. The summed E-state index contributed by atoms with van der Waals surface area (Å²) >= 11 is 32.8. The summed E-state index contributed by atoms with van der Waals surface area (Å²) in [5.74, 6) is -2.66. The molecule has 0 unspecified atom stereocenters. The molecule has 0 atom stereocenters. The summed E-state index contributed by atoms with van der Waals surface area (Å²) in [7, 11) is 0. The van der Waals surface area contributed by atoms with Crippen LogP contribution in [0, 0.1) is 0 Å². The number of alkyl halides is 6. The third-order valence-corrected chi connectivity index (χ3v) is 3.82. The Kier molecular flexibility index (Phi) is 8.60. The van der Waals surface area contributed by atoms with Crippen LogP contribution in [-0.4, -0.2) is 44.2 Å². The molecule has 1 N–H and O–H groups in total. The van der Waals surface area contributed by atoms with Crippen molar-refractivity contribution in [3.63, 3.8) is 0 Å². The second kappa shape index (κ2) is 10.4. The lowest BCUT2D eigenvalue weighted by Gasteiger charge is -2.14. The van der Waals surface area contributed by atoms with Gasteiger partial charge in [0, 0.05) is 6.07 Å². The minimum absolute atomic E-state index is 0.230. The van der Waals surface area contributed by atoms with Crippen molar-refractivity contribution in [3.05, 3.63) is 34.2 Å². The predicted octanol–water partition coefficient (Wildman–Crippen LogP) is 5.26. The van der Waals surface area contributed by atoms with Gasteiger partial charge >= 0.3 is 18.3 Å². The molecule has 0 spiro atoms. The van der Waals surface area contributed by atoms with Crippen LogP contribution in [0.5, 0.6) is 11.5 Å². The first-order valence-corrected chi connectivity index (χ1v) is 10.1. The van der Waals surface area contributed by atoms with Crippen LogP contribution in [0.3, 0.4) is 0 Å². The van der Waals surface area contributed by atoms with Gasteiger partial charge in [0.1, 0.15) is 30.6 Å². The molecular weight excluding hydrogens is 565 g/mol. The van der Waals surface area contributed by atoms with E-state index in [4.69, 9.17) is 88.6 Å². The van der Waals surface area contributed by atoms with Gasteiger partial charge in [-0.3, -0.25) is 4.79 Å². The number of halogens is 6. The Morgan fingerprint density at radius 1 is 0.875 bits per heavy atom. The molecule has 10 nitrogen and oxygen atoms in total. The van der Waals surface area contributed by atoms with Crippen LogP contribution in [0.25, 0.3) is 11.0 Å². The minimum atomic E-state index is -1.96. The summed E-state index contributed by atoms with van der Waals surface area (Å²) < 4.78 is 20.1. The standard InChI is InChI=1S/C16H8Cl6O10/c17-15(18,19)4-29-13(26)31-9-1-6-8(28-3-7(11(6)23)12(24)25)2-10(9)32-14(27)30-5-16(20,21)22/h1-3H,4-5H2,(H,24,25). The third kappa shape index (κ3) is 7.95. The molecule has 0 fully saturated rings. The molecule has 0 aliphatic heterocycles. The van der Waals surface area contributed by atoms with Gasteiger partial charge in [0.2, 0.25) is 13.0 Å². The molecule has 0 radical (unpaired) electrons. The third-order valence-electron chi connectivity index (χ3n) is 3.16. The molecule has 0 aliphatic rings. The summed E-state index contributed by atoms with van der Waals surface area (Å²) in [5, 5.41) is 8.73. The Labute approximate surface area is 207 Å². The number of benzene rings is 1. The molecule has 0 saturated heterocycles. The van der Waals surface area contributed by atoms with Crippen molar-refractivity contribution in [2.45, 2.75) is 7.59 Å². The van der Waals surface area contributed by atoms with Crippen LogP contribution in [0.1, 0.15) is 10.4 Å². The van der Waals surface area contributed by atoms with E-state index < -0.39 is 61.6 Å². The number of aromatic carboxylic acids is 1. The van der Waals surface area contributed by atoms with Crippen molar-refractivity contribution in [3.8, 4) is 11.5 Å². The molecule has 0 aliphatic carbocycles. The van der Waals surface area contributed by atoms with Gasteiger partial charge in [0.15, 0.2) is 11.5 Å². The number of carbonyl (C=O) groups is 3. The molecule has 0 amide bonds. The Hall–Kier alpha value is -1.82. The fourth-order valence-corrected chi connectivity index (χ4v) is 2.29. The second-order valence-corrected chi connectivity index (χ2v) is 10.6. The van der Waals surface area contributed by atoms with E-state index in [9.17, 15) is 19.2 Å². The summed E-state index contributed by atoms with van der Waals surface area (Å²) in [6.07, 6.45) is -2.14. The zero-order valence-electron chi connectivity index (χ0n) is 15.0. The van der Waals surface area contributed by atoms with E-state index in [0.29, 0.717) is 6.26 Å². The van der Waals surface area contributed by atoms with Gasteiger partial charge in [-0.2, -0.15) is 0 Å². The molecule has 1 heterocycles. The van der Waals surface area contributed by atoms with Crippen molar-refractivity contribution < 1.29 is 42.9 Å². The van der Waals surface area contributed by atoms with Crippen molar-refractivity contribution in [2.24, 2.45) is 0 Å². The number of carbonyl (C=O) groups excluding carboxylic acids is 2. The average Bonchev–Trinajstić information content (AvgIpc) is 2.64. The minimum Gasteiger partial charge on any atom is -0.477 e. The number of hydrogen-bond donors (Lipinski definition) is 1. The van der Waals surface area contributed by atoms with Crippen LogP contribution < -0.4 is 14.9 Å². The number of rotatable bonds is 5. The molecule has 1 aromatic carbocycles. The Morgan fingerprint density at radius 3 is 1.78 bits per heavy atom. The van der Waals surface area contributed by atoms with Gasteiger partial charge in [-0.15, -0.1) is 0 Å². The first kappa shape index (κ1) is 26.4. The molecule has 16 heteroatoms. The largest absolute Gasteiger partial charge is 0.514 e. The molecule has 2 aromatic rings. The summed E-state index contributed by atoms with van der Waals surface area (Å²) in [5.41, 5.74) is -1.92. The van der Waals surface area contributed by atoms with Crippen molar-refractivity contribution >= 4 is 98.9 Å². The van der Waals surface area contributed by atoms with Crippen LogP contribution in [0.2, 0.25) is 0 Å². The molecule has 174 valence electrons. The van der Waals surface area contributed by atoms with E-state index in [-0.39, 0.29) is 11.0 Å². The van der Waals surface area contributed by atoms with Gasteiger partial charge in [0.05, 0.1) is 5.39 Å². The van der Waals surface area contributed by atoms with Crippen LogP contribution in [-0.2, 0) is 9.47 Å². The van der Waals surface area contributed by atoms with Crippen molar-refractivity contribution in [1.82, 2.24) is 0 Å². The first-order chi connectivity index (χ1) is 14.7. The van der Waals surface area contributed by atoms with Gasteiger partial charge in [-0.05, 0) is 6.07 Å². The second-order valence-electron chi connectivity index (χ2n) is 5.59. The number of carboxylic acids is 1. The fraction of sp³-hybridized carbons (Fsp3) is 0.250. The lowest BCUT2D eigenvalue weighted by molar-refractivity contribution is 0.0693. The lowest BCUT2D eigenvalue weighted by atomic mass is 10.1. The SMILES string of the molecule is O=C(OCC(Cl)(Cl)Cl)Oc1cc2occ(C(=O)O)c(=O)c2cc1OC(=O)OCC(Cl)(Cl)Cl. The average molecular weight is 573 g/mol. The Balaban J connectivity index is 2.43. The molecule has 1 aromatic heterocycles. The summed E-state index contributed by atoms with van der Waals surface area (Å²) in [4.78, 5) is 47.3. The van der Waals surface area contributed by atoms with Crippen molar-refractivity contribution in [1.29, 1.82) is 0 Å². The monoisotopic (exact) mass is 570 g/mol. The van der Waals surface area contributed by atoms with Crippen LogP contribution in [0.15, 0.2) is 27.6 Å². The molecule has 2 rings (SSSR count). The Bertz CT molecular complexity index is 1100. The van der Waals surface area contributed by atoms with Gasteiger partial charge in [0.25, 0.3) is 0 Å². The van der Waals surface area contributed by atoms with E-state index in [1.807, 2.05) is 0 Å². The Morgan fingerprint density at radius 2 is 1.34 bits per heavy atom. The predicted molar refractivity (Wildman–Crippen MR) is 114 cm³/mol. The molecule has 32 heavy (non-hydrogen) atoms. The smallest absolute Gasteiger partial charge is 0.477 e. The van der Waals surface area contributed by atoms with E-state index in [1.54, 1.807) is 0 Å². The maximum atomic E-state index is 12.4. The van der Waals surface area contributed by atoms with E-state index in [1.165, 1.54) is 0 Å². The van der Waals surface area contributed by atoms with Crippen LogP contribution in [0.4, 0.5) is 9.59 Å². The summed E-state index contributed by atoms with van der Waals surface area (Å²) in [6, 6.07) is 1.80. The number of ether oxygens (including phenoxy) is 4. The highest BCUT2D eigenvalue weighted by atomic mass is 35.6. The van der Waals surface area contributed by atoms with Gasteiger partial charge < -0.3 is 28.5 Å².